The van der Waals surface area contributed by atoms with Crippen LogP contribution in [0, 0.1) is 0 Å². The number of ether oxygens (including phenoxy) is 4. The number of rotatable bonds is 2. The molecular weight excluding hydrogens is 212 g/mol. The first-order valence-corrected chi connectivity index (χ1v) is 5.15. The van der Waals surface area contributed by atoms with Crippen LogP contribution in [-0.2, 0) is 4.74 Å². The third-order valence-electron chi connectivity index (χ3n) is 2.63. The van der Waals surface area contributed by atoms with E-state index in [1.807, 2.05) is 0 Å². The quantitative estimate of drug-likeness (QED) is 0.795. The van der Waals surface area contributed by atoms with Gasteiger partial charge in [0, 0.05) is 6.07 Å². The van der Waals surface area contributed by atoms with Crippen molar-refractivity contribution in [3.8, 4) is 17.2 Å². The van der Waals surface area contributed by atoms with Crippen LogP contribution in [0.2, 0.25) is 0 Å². The summed E-state index contributed by atoms with van der Waals surface area (Å²) < 4.78 is 21.1. The first kappa shape index (κ1) is 9.74. The molecule has 1 aromatic rings. The van der Waals surface area contributed by atoms with Crippen LogP contribution in [0.25, 0.3) is 0 Å². The minimum atomic E-state index is -0.564. The lowest BCUT2D eigenvalue weighted by Gasteiger charge is -2.15. The van der Waals surface area contributed by atoms with E-state index >= 15 is 0 Å². The van der Waals surface area contributed by atoms with Gasteiger partial charge in [0.05, 0.1) is 13.2 Å². The molecule has 2 aliphatic rings. The van der Waals surface area contributed by atoms with Crippen molar-refractivity contribution in [1.29, 1.82) is 0 Å². The molecule has 0 aliphatic carbocycles. The van der Waals surface area contributed by atoms with Gasteiger partial charge in [-0.15, -0.1) is 0 Å². The molecule has 0 bridgehead atoms. The Morgan fingerprint density at radius 2 is 2.06 bits per heavy atom. The Morgan fingerprint density at radius 1 is 1.19 bits per heavy atom. The molecule has 16 heavy (non-hydrogen) atoms. The van der Waals surface area contributed by atoms with E-state index in [0.717, 1.165) is 5.75 Å². The van der Waals surface area contributed by atoms with Crippen molar-refractivity contribution in [1.82, 2.24) is 0 Å². The van der Waals surface area contributed by atoms with Gasteiger partial charge in [0.2, 0.25) is 6.79 Å². The third-order valence-corrected chi connectivity index (χ3v) is 2.63. The van der Waals surface area contributed by atoms with E-state index in [1.165, 1.54) is 0 Å². The number of benzene rings is 1. The summed E-state index contributed by atoms with van der Waals surface area (Å²) in [6.07, 6.45) is -0.870. The van der Waals surface area contributed by atoms with Crippen LogP contribution in [0.5, 0.6) is 17.2 Å². The second-order valence-electron chi connectivity index (χ2n) is 3.78. The van der Waals surface area contributed by atoms with E-state index in [4.69, 9.17) is 18.9 Å². The molecule has 0 aromatic heterocycles. The number of hydrogen-bond donors (Lipinski definition) is 1. The maximum absolute atomic E-state index is 9.54. The van der Waals surface area contributed by atoms with Crippen LogP contribution in [0.4, 0.5) is 0 Å². The fourth-order valence-corrected chi connectivity index (χ4v) is 1.76. The SMILES string of the molecule is O[C@@H]1COC[C@H]1Oc1ccc2c(c1)OCO2. The van der Waals surface area contributed by atoms with Gasteiger partial charge in [-0.1, -0.05) is 0 Å². The average Bonchev–Trinajstić information content (AvgIpc) is 2.88. The summed E-state index contributed by atoms with van der Waals surface area (Å²) in [6.45, 7) is 0.985. The van der Waals surface area contributed by atoms with E-state index in [-0.39, 0.29) is 12.9 Å². The highest BCUT2D eigenvalue weighted by molar-refractivity contribution is 5.46. The largest absolute Gasteiger partial charge is 0.485 e. The lowest BCUT2D eigenvalue weighted by Crippen LogP contribution is -2.29. The predicted molar refractivity (Wildman–Crippen MR) is 53.8 cm³/mol. The van der Waals surface area contributed by atoms with Crippen molar-refractivity contribution in [3.05, 3.63) is 18.2 Å². The van der Waals surface area contributed by atoms with Crippen LogP contribution < -0.4 is 14.2 Å². The van der Waals surface area contributed by atoms with Gasteiger partial charge in [-0.05, 0) is 12.1 Å². The fourth-order valence-electron chi connectivity index (χ4n) is 1.76. The Kier molecular flexibility index (Phi) is 2.34. The summed E-state index contributed by atoms with van der Waals surface area (Å²) in [7, 11) is 0. The van der Waals surface area contributed by atoms with Crippen molar-refractivity contribution in [3.63, 3.8) is 0 Å². The monoisotopic (exact) mass is 224 g/mol. The van der Waals surface area contributed by atoms with Crippen LogP contribution in [-0.4, -0.2) is 37.3 Å². The van der Waals surface area contributed by atoms with Crippen LogP contribution in [0.3, 0.4) is 0 Å². The minimum absolute atomic E-state index is 0.244. The van der Waals surface area contributed by atoms with Gasteiger partial charge in [0.1, 0.15) is 18.0 Å². The summed E-state index contributed by atoms with van der Waals surface area (Å²) in [5.41, 5.74) is 0. The Hall–Kier alpha value is -1.46. The standard InChI is InChI=1S/C11H12O5/c12-8-4-13-5-11(8)16-7-1-2-9-10(3-7)15-6-14-9/h1-3,8,11-12H,4-6H2/t8-,11-/m1/s1. The zero-order valence-electron chi connectivity index (χ0n) is 8.59. The topological polar surface area (TPSA) is 57.2 Å². The maximum Gasteiger partial charge on any atom is 0.231 e. The van der Waals surface area contributed by atoms with Crippen molar-refractivity contribution >= 4 is 0 Å². The molecule has 0 spiro atoms. The molecule has 2 atom stereocenters. The molecule has 0 saturated carbocycles. The molecule has 86 valence electrons. The van der Waals surface area contributed by atoms with Gasteiger partial charge in [-0.25, -0.2) is 0 Å². The summed E-state index contributed by atoms with van der Waals surface area (Å²) in [5, 5.41) is 9.54. The molecular formula is C11H12O5. The van der Waals surface area contributed by atoms with Gasteiger partial charge in [-0.3, -0.25) is 0 Å². The second-order valence-corrected chi connectivity index (χ2v) is 3.78. The number of aliphatic hydroxyl groups excluding tert-OH is 1. The van der Waals surface area contributed by atoms with Gasteiger partial charge in [-0.2, -0.15) is 0 Å². The Morgan fingerprint density at radius 3 is 2.88 bits per heavy atom. The summed E-state index contributed by atoms with van der Waals surface area (Å²) in [5.74, 6) is 2.04. The highest BCUT2D eigenvalue weighted by Crippen LogP contribution is 2.35. The van der Waals surface area contributed by atoms with E-state index in [2.05, 4.69) is 0 Å². The average molecular weight is 224 g/mol. The Labute approximate surface area is 92.5 Å². The van der Waals surface area contributed by atoms with E-state index in [0.29, 0.717) is 24.7 Å². The van der Waals surface area contributed by atoms with Crippen molar-refractivity contribution < 1.29 is 24.1 Å². The summed E-state index contributed by atoms with van der Waals surface area (Å²) in [4.78, 5) is 0. The first-order valence-electron chi connectivity index (χ1n) is 5.15. The van der Waals surface area contributed by atoms with Crippen LogP contribution >= 0.6 is 0 Å². The van der Waals surface area contributed by atoms with Crippen molar-refractivity contribution in [2.75, 3.05) is 20.0 Å². The van der Waals surface area contributed by atoms with Crippen LogP contribution in [0.15, 0.2) is 18.2 Å². The maximum atomic E-state index is 9.54. The van der Waals surface area contributed by atoms with Crippen LogP contribution in [0.1, 0.15) is 0 Å². The predicted octanol–water partition coefficient (Wildman–Crippen LogP) is 0.554. The molecule has 5 heteroatoms. The fraction of sp³-hybridized carbons (Fsp3) is 0.455. The number of fused-ring (bicyclic) bond motifs is 1. The van der Waals surface area contributed by atoms with Gasteiger partial charge in [0.25, 0.3) is 0 Å². The highest BCUT2D eigenvalue weighted by Gasteiger charge is 2.28. The molecule has 1 saturated heterocycles. The first-order chi connectivity index (χ1) is 7.83. The molecule has 1 fully saturated rings. The smallest absolute Gasteiger partial charge is 0.231 e. The third kappa shape index (κ3) is 1.68. The molecule has 5 nitrogen and oxygen atoms in total. The zero-order chi connectivity index (χ0) is 11.0. The molecule has 0 amide bonds. The molecule has 1 N–H and O–H groups in total. The van der Waals surface area contributed by atoms with E-state index in [9.17, 15) is 5.11 Å². The van der Waals surface area contributed by atoms with Gasteiger partial charge in [0.15, 0.2) is 11.5 Å². The summed E-state index contributed by atoms with van der Waals surface area (Å²) >= 11 is 0. The van der Waals surface area contributed by atoms with E-state index in [1.54, 1.807) is 18.2 Å². The second kappa shape index (κ2) is 3.84. The number of hydrogen-bond acceptors (Lipinski definition) is 5. The zero-order valence-corrected chi connectivity index (χ0v) is 8.59. The molecule has 3 rings (SSSR count). The van der Waals surface area contributed by atoms with Crippen molar-refractivity contribution in [2.45, 2.75) is 12.2 Å². The van der Waals surface area contributed by atoms with Gasteiger partial charge >= 0.3 is 0 Å². The Balaban J connectivity index is 1.75. The van der Waals surface area contributed by atoms with E-state index < -0.39 is 6.10 Å². The van der Waals surface area contributed by atoms with Gasteiger partial charge < -0.3 is 24.1 Å². The lowest BCUT2D eigenvalue weighted by molar-refractivity contribution is 0.0732. The van der Waals surface area contributed by atoms with Crippen molar-refractivity contribution in [2.24, 2.45) is 0 Å². The normalized spacial score (nSPS) is 27.1. The molecule has 1 aromatic carbocycles. The minimum Gasteiger partial charge on any atom is -0.485 e. The highest BCUT2D eigenvalue weighted by atomic mass is 16.7. The molecule has 0 unspecified atom stereocenters. The number of aliphatic hydroxyl groups is 1. The summed E-state index contributed by atoms with van der Waals surface area (Å²) in [6, 6.07) is 5.34. The molecule has 2 aliphatic heterocycles. The lowest BCUT2D eigenvalue weighted by atomic mass is 10.2. The molecule has 0 radical (unpaired) electrons. The molecule has 2 heterocycles. The Bertz CT molecular complexity index is 392.